The second-order valence-electron chi connectivity index (χ2n) is 2.85. The molecule has 13 heavy (non-hydrogen) atoms. The molecule has 0 heterocycles. The summed E-state index contributed by atoms with van der Waals surface area (Å²) in [7, 11) is 0. The molecule has 0 saturated carbocycles. The predicted molar refractivity (Wildman–Crippen MR) is 53.2 cm³/mol. The molecule has 2 heteroatoms. The van der Waals surface area contributed by atoms with Crippen LogP contribution in [0.25, 0.3) is 0 Å². The van der Waals surface area contributed by atoms with Crippen LogP contribution in [0.1, 0.15) is 18.0 Å². The number of carbonyl (C=O) groups is 1. The lowest BCUT2D eigenvalue weighted by Gasteiger charge is -2.08. The molecule has 2 nitrogen and oxygen atoms in total. The summed E-state index contributed by atoms with van der Waals surface area (Å²) in [5.41, 5.74) is 6.58. The average Bonchev–Trinajstić information content (AvgIpc) is 2.18. The molecule has 0 fully saturated rings. The van der Waals surface area contributed by atoms with E-state index in [0.717, 1.165) is 5.56 Å². The van der Waals surface area contributed by atoms with Crippen molar-refractivity contribution in [1.82, 2.24) is 0 Å². The van der Waals surface area contributed by atoms with Crippen LogP contribution < -0.4 is 5.73 Å². The second-order valence-corrected chi connectivity index (χ2v) is 2.85. The van der Waals surface area contributed by atoms with E-state index in [1.54, 1.807) is 6.08 Å². The second kappa shape index (κ2) is 4.58. The Morgan fingerprint density at radius 2 is 2.08 bits per heavy atom. The van der Waals surface area contributed by atoms with Gasteiger partial charge in [0.1, 0.15) is 0 Å². The maximum absolute atomic E-state index is 11.3. The Kier molecular flexibility index (Phi) is 3.41. The maximum atomic E-state index is 11.3. The van der Waals surface area contributed by atoms with Gasteiger partial charge < -0.3 is 5.73 Å². The van der Waals surface area contributed by atoms with Gasteiger partial charge in [-0.25, -0.2) is 0 Å². The molecule has 2 N–H and O–H groups in total. The van der Waals surface area contributed by atoms with Gasteiger partial charge in [0.2, 0.25) is 0 Å². The van der Waals surface area contributed by atoms with Crippen molar-refractivity contribution < 1.29 is 4.79 Å². The number of Topliss-reactive ketones (excluding diaryl/α,β-unsaturated/α-hetero) is 1. The van der Waals surface area contributed by atoms with Crippen LogP contribution in [0.2, 0.25) is 0 Å². The third-order valence-corrected chi connectivity index (χ3v) is 1.85. The van der Waals surface area contributed by atoms with Gasteiger partial charge in [0.25, 0.3) is 0 Å². The number of nitrogens with two attached hydrogens (primary N) is 1. The molecule has 0 aliphatic heterocycles. The van der Waals surface area contributed by atoms with Crippen molar-refractivity contribution in [1.29, 1.82) is 0 Å². The highest BCUT2D eigenvalue weighted by atomic mass is 16.1. The van der Waals surface area contributed by atoms with E-state index < -0.39 is 6.04 Å². The number of rotatable bonds is 4. The Hall–Kier alpha value is -1.41. The molecule has 0 aliphatic carbocycles. The van der Waals surface area contributed by atoms with Crippen LogP contribution in [0.3, 0.4) is 0 Å². The third-order valence-electron chi connectivity index (χ3n) is 1.85. The molecule has 0 unspecified atom stereocenters. The van der Waals surface area contributed by atoms with Crippen molar-refractivity contribution in [2.45, 2.75) is 12.5 Å². The first kappa shape index (κ1) is 9.68. The highest BCUT2D eigenvalue weighted by molar-refractivity contribution is 5.86. The summed E-state index contributed by atoms with van der Waals surface area (Å²) in [4.78, 5) is 11.3. The molecule has 1 rings (SSSR count). The molecule has 0 saturated heterocycles. The maximum Gasteiger partial charge on any atom is 0.157 e. The van der Waals surface area contributed by atoms with Crippen molar-refractivity contribution in [2.24, 2.45) is 5.73 Å². The largest absolute Gasteiger partial charge is 0.318 e. The van der Waals surface area contributed by atoms with Gasteiger partial charge in [-0.3, -0.25) is 4.79 Å². The van der Waals surface area contributed by atoms with E-state index in [1.807, 2.05) is 30.3 Å². The molecule has 1 atom stereocenters. The van der Waals surface area contributed by atoms with E-state index in [1.165, 1.54) is 0 Å². The lowest BCUT2D eigenvalue weighted by molar-refractivity contribution is -0.119. The topological polar surface area (TPSA) is 43.1 Å². The van der Waals surface area contributed by atoms with E-state index in [0.29, 0.717) is 6.42 Å². The summed E-state index contributed by atoms with van der Waals surface area (Å²) >= 11 is 0. The normalized spacial score (nSPS) is 12.1. The highest BCUT2D eigenvalue weighted by Gasteiger charge is 2.12. The molecule has 0 aliphatic rings. The van der Waals surface area contributed by atoms with Crippen molar-refractivity contribution >= 4 is 5.78 Å². The standard InChI is InChI=1S/C11H13NO/c1-2-6-10(13)11(12)9-7-4-3-5-8-9/h2-5,7-8,11H,1,6,12H2/t11-/m1/s1. The summed E-state index contributed by atoms with van der Waals surface area (Å²) in [6, 6.07) is 8.83. The number of hydrogen-bond acceptors (Lipinski definition) is 2. The fraction of sp³-hybridized carbons (Fsp3) is 0.182. The Labute approximate surface area is 78.1 Å². The van der Waals surface area contributed by atoms with Crippen LogP contribution in [0.4, 0.5) is 0 Å². The van der Waals surface area contributed by atoms with Crippen LogP contribution in [0.15, 0.2) is 43.0 Å². The monoisotopic (exact) mass is 175 g/mol. The zero-order valence-corrected chi connectivity index (χ0v) is 7.44. The minimum absolute atomic E-state index is 0.00111. The zero-order valence-electron chi connectivity index (χ0n) is 7.44. The Morgan fingerprint density at radius 1 is 1.46 bits per heavy atom. The SMILES string of the molecule is C=CCC(=O)[C@H](N)c1ccccc1. The highest BCUT2D eigenvalue weighted by Crippen LogP contribution is 2.11. The molecular weight excluding hydrogens is 162 g/mol. The van der Waals surface area contributed by atoms with Crippen LogP contribution in [-0.2, 0) is 4.79 Å². The van der Waals surface area contributed by atoms with E-state index in [2.05, 4.69) is 6.58 Å². The number of ketones is 1. The fourth-order valence-electron chi connectivity index (χ4n) is 1.12. The number of carbonyl (C=O) groups excluding carboxylic acids is 1. The third kappa shape index (κ3) is 2.53. The quantitative estimate of drug-likeness (QED) is 0.709. The Bertz CT molecular complexity index is 292. The average molecular weight is 175 g/mol. The first-order valence-corrected chi connectivity index (χ1v) is 4.20. The molecular formula is C11H13NO. The summed E-state index contributed by atoms with van der Waals surface area (Å²) in [5.74, 6) is 0.00111. The van der Waals surface area contributed by atoms with Crippen molar-refractivity contribution in [3.63, 3.8) is 0 Å². The van der Waals surface area contributed by atoms with E-state index in [4.69, 9.17) is 5.73 Å². The van der Waals surface area contributed by atoms with Gasteiger partial charge in [-0.1, -0.05) is 36.4 Å². The molecule has 0 bridgehead atoms. The summed E-state index contributed by atoms with van der Waals surface area (Å²) < 4.78 is 0. The van der Waals surface area contributed by atoms with Gasteiger partial charge in [0.15, 0.2) is 5.78 Å². The minimum atomic E-state index is -0.515. The molecule has 1 aromatic carbocycles. The van der Waals surface area contributed by atoms with Gasteiger partial charge in [-0.15, -0.1) is 6.58 Å². The van der Waals surface area contributed by atoms with Crippen LogP contribution in [-0.4, -0.2) is 5.78 Å². The van der Waals surface area contributed by atoms with Crippen LogP contribution >= 0.6 is 0 Å². The molecule has 0 amide bonds. The molecule has 68 valence electrons. The van der Waals surface area contributed by atoms with Gasteiger partial charge in [0, 0.05) is 6.42 Å². The van der Waals surface area contributed by atoms with Gasteiger partial charge >= 0.3 is 0 Å². The first-order valence-electron chi connectivity index (χ1n) is 4.20. The van der Waals surface area contributed by atoms with E-state index in [9.17, 15) is 4.79 Å². The zero-order chi connectivity index (χ0) is 9.68. The number of benzene rings is 1. The van der Waals surface area contributed by atoms with E-state index in [-0.39, 0.29) is 5.78 Å². The minimum Gasteiger partial charge on any atom is -0.318 e. The van der Waals surface area contributed by atoms with Crippen LogP contribution in [0.5, 0.6) is 0 Å². The molecule has 1 aromatic rings. The Balaban J connectivity index is 2.73. The summed E-state index contributed by atoms with van der Waals surface area (Å²) in [5, 5.41) is 0. The number of hydrogen-bond donors (Lipinski definition) is 1. The van der Waals surface area contributed by atoms with Crippen LogP contribution in [0, 0.1) is 0 Å². The fourth-order valence-corrected chi connectivity index (χ4v) is 1.12. The van der Waals surface area contributed by atoms with E-state index >= 15 is 0 Å². The molecule has 0 radical (unpaired) electrons. The van der Waals surface area contributed by atoms with Gasteiger partial charge in [0.05, 0.1) is 6.04 Å². The lowest BCUT2D eigenvalue weighted by Crippen LogP contribution is -2.20. The lowest BCUT2D eigenvalue weighted by atomic mass is 10.0. The first-order chi connectivity index (χ1) is 6.25. The van der Waals surface area contributed by atoms with Crippen molar-refractivity contribution in [3.8, 4) is 0 Å². The smallest absolute Gasteiger partial charge is 0.157 e. The van der Waals surface area contributed by atoms with Gasteiger partial charge in [-0.2, -0.15) is 0 Å². The molecule has 0 aromatic heterocycles. The van der Waals surface area contributed by atoms with Gasteiger partial charge in [-0.05, 0) is 5.56 Å². The summed E-state index contributed by atoms with van der Waals surface area (Å²) in [6.45, 7) is 3.50. The van der Waals surface area contributed by atoms with Crippen molar-refractivity contribution in [2.75, 3.05) is 0 Å². The summed E-state index contributed by atoms with van der Waals surface area (Å²) in [6.07, 6.45) is 1.90. The van der Waals surface area contributed by atoms with Crippen molar-refractivity contribution in [3.05, 3.63) is 48.6 Å². The number of allylic oxidation sites excluding steroid dienone is 1. The Morgan fingerprint density at radius 3 is 2.62 bits per heavy atom. The predicted octanol–water partition coefficient (Wildman–Crippen LogP) is 1.83. The molecule has 0 spiro atoms.